The van der Waals surface area contributed by atoms with Gasteiger partial charge in [-0.2, -0.15) is 0 Å². The molecule has 17 heavy (non-hydrogen) atoms. The normalized spacial score (nSPS) is 9.71. The fourth-order valence-corrected chi connectivity index (χ4v) is 1.21. The van der Waals surface area contributed by atoms with Crippen molar-refractivity contribution in [3.8, 4) is 5.75 Å². The van der Waals surface area contributed by atoms with Gasteiger partial charge in [-0.05, 0) is 18.6 Å². The lowest BCUT2D eigenvalue weighted by Crippen LogP contribution is -2.16. The molecule has 0 aromatic heterocycles. The average molecular weight is 239 g/mol. The number of phenols is 1. The van der Waals surface area contributed by atoms with Crippen molar-refractivity contribution in [2.75, 3.05) is 11.9 Å². The minimum absolute atomic E-state index is 0.00129. The summed E-state index contributed by atoms with van der Waals surface area (Å²) in [5, 5.41) is 20.5. The van der Waals surface area contributed by atoms with Crippen molar-refractivity contribution in [3.63, 3.8) is 0 Å². The minimum Gasteiger partial charge on any atom is -0.507 e. The Morgan fingerprint density at radius 1 is 1.41 bits per heavy atom. The maximum atomic E-state index is 11.2. The van der Waals surface area contributed by atoms with E-state index in [1.807, 2.05) is 6.92 Å². The summed E-state index contributed by atoms with van der Waals surface area (Å²) in [4.78, 5) is 22.1. The Bertz CT molecular complexity index is 430. The second kappa shape index (κ2) is 5.74. The monoisotopic (exact) mass is 239 g/mol. The summed E-state index contributed by atoms with van der Waals surface area (Å²) in [7, 11) is 0. The van der Waals surface area contributed by atoms with Crippen LogP contribution in [-0.2, 0) is 4.74 Å². The molecule has 0 saturated carbocycles. The molecule has 0 aliphatic rings. The van der Waals surface area contributed by atoms with E-state index in [2.05, 4.69) is 5.32 Å². The Kier molecular flexibility index (Phi) is 4.33. The lowest BCUT2D eigenvalue weighted by Gasteiger charge is -2.09. The molecule has 0 atom stereocenters. The second-order valence-electron chi connectivity index (χ2n) is 3.27. The number of rotatable bonds is 4. The first-order valence-corrected chi connectivity index (χ1v) is 5.05. The zero-order valence-corrected chi connectivity index (χ0v) is 9.27. The van der Waals surface area contributed by atoms with Crippen LogP contribution in [-0.4, -0.2) is 28.9 Å². The van der Waals surface area contributed by atoms with Crippen molar-refractivity contribution in [1.29, 1.82) is 0 Å². The van der Waals surface area contributed by atoms with Gasteiger partial charge in [0.25, 0.3) is 0 Å². The van der Waals surface area contributed by atoms with Gasteiger partial charge in [0.15, 0.2) is 0 Å². The third-order valence-electron chi connectivity index (χ3n) is 1.93. The number of aromatic carboxylic acids is 1. The van der Waals surface area contributed by atoms with E-state index in [9.17, 15) is 14.7 Å². The molecule has 0 aliphatic heterocycles. The molecular weight excluding hydrogens is 226 g/mol. The van der Waals surface area contributed by atoms with Crippen LogP contribution in [0.15, 0.2) is 18.2 Å². The predicted octanol–water partition coefficient (Wildman–Crippen LogP) is 2.05. The maximum absolute atomic E-state index is 11.2. The SMILES string of the molecule is CCCOC(=O)Nc1cccc(O)c1C(=O)O. The molecule has 0 unspecified atom stereocenters. The number of benzene rings is 1. The molecule has 0 spiro atoms. The van der Waals surface area contributed by atoms with Crippen molar-refractivity contribution in [3.05, 3.63) is 23.8 Å². The highest BCUT2D eigenvalue weighted by Crippen LogP contribution is 2.25. The first-order valence-electron chi connectivity index (χ1n) is 5.05. The number of aromatic hydroxyl groups is 1. The van der Waals surface area contributed by atoms with Gasteiger partial charge >= 0.3 is 12.1 Å². The van der Waals surface area contributed by atoms with E-state index < -0.39 is 17.8 Å². The highest BCUT2D eigenvalue weighted by atomic mass is 16.5. The quantitative estimate of drug-likeness (QED) is 0.747. The summed E-state index contributed by atoms with van der Waals surface area (Å²) in [6.45, 7) is 2.08. The number of carbonyl (C=O) groups is 2. The van der Waals surface area contributed by atoms with Crippen molar-refractivity contribution in [2.24, 2.45) is 0 Å². The first-order chi connectivity index (χ1) is 8.06. The number of amides is 1. The van der Waals surface area contributed by atoms with Crippen LogP contribution in [0.1, 0.15) is 23.7 Å². The maximum Gasteiger partial charge on any atom is 0.411 e. The van der Waals surface area contributed by atoms with Gasteiger partial charge in [-0.15, -0.1) is 0 Å². The zero-order valence-electron chi connectivity index (χ0n) is 9.27. The van der Waals surface area contributed by atoms with E-state index in [0.717, 1.165) is 0 Å². The smallest absolute Gasteiger partial charge is 0.411 e. The van der Waals surface area contributed by atoms with Crippen LogP contribution in [0.25, 0.3) is 0 Å². The number of nitrogens with one attached hydrogen (secondary N) is 1. The molecule has 0 bridgehead atoms. The number of carboxylic acids is 1. The number of hydrogen-bond acceptors (Lipinski definition) is 4. The van der Waals surface area contributed by atoms with Gasteiger partial charge in [0.1, 0.15) is 11.3 Å². The van der Waals surface area contributed by atoms with E-state index in [1.54, 1.807) is 0 Å². The molecule has 6 heteroatoms. The molecule has 0 saturated heterocycles. The fourth-order valence-electron chi connectivity index (χ4n) is 1.21. The molecule has 92 valence electrons. The number of anilines is 1. The van der Waals surface area contributed by atoms with E-state index in [4.69, 9.17) is 9.84 Å². The fraction of sp³-hybridized carbons (Fsp3) is 0.273. The van der Waals surface area contributed by atoms with Crippen LogP contribution in [0.2, 0.25) is 0 Å². The van der Waals surface area contributed by atoms with Crippen LogP contribution < -0.4 is 5.32 Å². The van der Waals surface area contributed by atoms with Gasteiger partial charge in [0.2, 0.25) is 0 Å². The molecule has 6 nitrogen and oxygen atoms in total. The van der Waals surface area contributed by atoms with Gasteiger partial charge in [-0.3, -0.25) is 5.32 Å². The average Bonchev–Trinajstić information content (AvgIpc) is 2.25. The van der Waals surface area contributed by atoms with E-state index in [0.29, 0.717) is 6.42 Å². The Morgan fingerprint density at radius 2 is 2.12 bits per heavy atom. The highest BCUT2D eigenvalue weighted by molar-refractivity contribution is 6.01. The van der Waals surface area contributed by atoms with Crippen LogP contribution in [0.5, 0.6) is 5.75 Å². The van der Waals surface area contributed by atoms with Crippen molar-refractivity contribution >= 4 is 17.7 Å². The molecular formula is C11H13NO5. The molecule has 0 fully saturated rings. The van der Waals surface area contributed by atoms with Gasteiger partial charge < -0.3 is 14.9 Å². The van der Waals surface area contributed by atoms with Crippen LogP contribution in [0.3, 0.4) is 0 Å². The second-order valence-corrected chi connectivity index (χ2v) is 3.27. The summed E-state index contributed by atoms with van der Waals surface area (Å²) in [5.41, 5.74) is -0.362. The Labute approximate surface area is 97.8 Å². The highest BCUT2D eigenvalue weighted by Gasteiger charge is 2.16. The largest absolute Gasteiger partial charge is 0.507 e. The molecule has 0 aliphatic carbocycles. The van der Waals surface area contributed by atoms with Gasteiger partial charge in [-0.1, -0.05) is 13.0 Å². The lowest BCUT2D eigenvalue weighted by molar-refractivity contribution is 0.0695. The van der Waals surface area contributed by atoms with Crippen LogP contribution >= 0.6 is 0 Å². The van der Waals surface area contributed by atoms with Gasteiger partial charge in [0.05, 0.1) is 12.3 Å². The van der Waals surface area contributed by atoms with Crippen molar-refractivity contribution < 1.29 is 24.5 Å². The number of ether oxygens (including phenoxy) is 1. The molecule has 1 aromatic rings. The minimum atomic E-state index is -1.33. The molecule has 1 amide bonds. The molecule has 0 heterocycles. The van der Waals surface area contributed by atoms with E-state index in [1.165, 1.54) is 18.2 Å². The first kappa shape index (κ1) is 12.8. The van der Waals surface area contributed by atoms with E-state index >= 15 is 0 Å². The molecule has 1 rings (SSSR count). The summed E-state index contributed by atoms with van der Waals surface area (Å²) >= 11 is 0. The number of carbonyl (C=O) groups excluding carboxylic acids is 1. The van der Waals surface area contributed by atoms with E-state index in [-0.39, 0.29) is 17.9 Å². The lowest BCUT2D eigenvalue weighted by atomic mass is 10.1. The predicted molar refractivity (Wildman–Crippen MR) is 60.3 cm³/mol. The number of carboxylic acid groups (broad SMARTS) is 1. The summed E-state index contributed by atoms with van der Waals surface area (Å²) in [6.07, 6.45) is -0.0841. The molecule has 3 N–H and O–H groups in total. The Morgan fingerprint density at radius 3 is 2.71 bits per heavy atom. The summed E-state index contributed by atoms with van der Waals surface area (Å²) in [5.74, 6) is -1.74. The summed E-state index contributed by atoms with van der Waals surface area (Å²) in [6, 6.07) is 4.03. The van der Waals surface area contributed by atoms with Gasteiger partial charge in [0, 0.05) is 0 Å². The Balaban J connectivity index is 2.87. The third-order valence-corrected chi connectivity index (χ3v) is 1.93. The number of hydrogen-bond donors (Lipinski definition) is 3. The van der Waals surface area contributed by atoms with Gasteiger partial charge in [-0.25, -0.2) is 9.59 Å². The molecule has 1 aromatic carbocycles. The Hall–Kier alpha value is -2.24. The van der Waals surface area contributed by atoms with Crippen molar-refractivity contribution in [2.45, 2.75) is 13.3 Å². The van der Waals surface area contributed by atoms with Crippen LogP contribution in [0, 0.1) is 0 Å². The third kappa shape index (κ3) is 3.37. The summed E-state index contributed by atoms with van der Waals surface area (Å²) < 4.78 is 4.75. The zero-order chi connectivity index (χ0) is 12.8. The van der Waals surface area contributed by atoms with Crippen molar-refractivity contribution in [1.82, 2.24) is 0 Å². The van der Waals surface area contributed by atoms with Crippen LogP contribution in [0.4, 0.5) is 10.5 Å². The topological polar surface area (TPSA) is 95.9 Å². The standard InChI is InChI=1S/C11H13NO5/c1-2-6-17-11(16)12-7-4-3-5-8(13)9(7)10(14)15/h3-5,13H,2,6H2,1H3,(H,12,16)(H,14,15). The molecule has 0 radical (unpaired) electrons.